The van der Waals surface area contributed by atoms with Crippen LogP contribution in [-0.4, -0.2) is 40.6 Å². The predicted octanol–water partition coefficient (Wildman–Crippen LogP) is 1.39. The summed E-state index contributed by atoms with van der Waals surface area (Å²) >= 11 is 0. The molecule has 2 aliphatic rings. The standard InChI is InChI=1S/C16H19N5O2/c22-16(18-12-1-2-15-11(9-12)5-8-23-15)14-10-21(20-19-14)13-3-6-17-7-4-13/h1-2,9-10,13,17H,3-8H2,(H,18,22). The summed E-state index contributed by atoms with van der Waals surface area (Å²) in [4.78, 5) is 12.3. The Hall–Kier alpha value is -2.41. The second-order valence-electron chi connectivity index (χ2n) is 5.94. The van der Waals surface area contributed by atoms with Crippen LogP contribution in [0.15, 0.2) is 24.4 Å². The van der Waals surface area contributed by atoms with E-state index in [2.05, 4.69) is 20.9 Å². The number of carbonyl (C=O) groups excluding carboxylic acids is 1. The summed E-state index contributed by atoms with van der Waals surface area (Å²) in [5, 5.41) is 14.3. The van der Waals surface area contributed by atoms with Gasteiger partial charge in [-0.25, -0.2) is 4.68 Å². The summed E-state index contributed by atoms with van der Waals surface area (Å²) in [6, 6.07) is 6.02. The molecule has 7 nitrogen and oxygen atoms in total. The van der Waals surface area contributed by atoms with Crippen molar-refractivity contribution in [1.29, 1.82) is 0 Å². The Morgan fingerprint density at radius 2 is 2.22 bits per heavy atom. The Morgan fingerprint density at radius 3 is 3.09 bits per heavy atom. The topological polar surface area (TPSA) is 81.1 Å². The molecule has 2 aliphatic heterocycles. The number of benzene rings is 1. The molecule has 1 aromatic heterocycles. The van der Waals surface area contributed by atoms with E-state index in [-0.39, 0.29) is 5.91 Å². The molecule has 3 heterocycles. The molecule has 1 amide bonds. The number of anilines is 1. The third-order valence-corrected chi connectivity index (χ3v) is 4.37. The van der Waals surface area contributed by atoms with E-state index in [0.717, 1.165) is 49.4 Å². The van der Waals surface area contributed by atoms with Crippen molar-refractivity contribution in [2.75, 3.05) is 25.0 Å². The third kappa shape index (κ3) is 2.92. The molecule has 4 rings (SSSR count). The Bertz CT molecular complexity index is 721. The molecular weight excluding hydrogens is 294 g/mol. The lowest BCUT2D eigenvalue weighted by Gasteiger charge is -2.22. The summed E-state index contributed by atoms with van der Waals surface area (Å²) < 4.78 is 7.28. The first-order chi connectivity index (χ1) is 11.3. The van der Waals surface area contributed by atoms with Crippen LogP contribution in [0.25, 0.3) is 0 Å². The summed E-state index contributed by atoms with van der Waals surface area (Å²) in [7, 11) is 0. The average molecular weight is 313 g/mol. The molecule has 120 valence electrons. The lowest BCUT2D eigenvalue weighted by atomic mass is 10.1. The fourth-order valence-electron chi connectivity index (χ4n) is 3.09. The molecule has 1 saturated heterocycles. The second kappa shape index (κ2) is 6.00. The van der Waals surface area contributed by atoms with Crippen LogP contribution in [0.2, 0.25) is 0 Å². The van der Waals surface area contributed by atoms with E-state index in [1.165, 1.54) is 0 Å². The second-order valence-corrected chi connectivity index (χ2v) is 5.94. The van der Waals surface area contributed by atoms with E-state index < -0.39 is 0 Å². The number of nitrogens with zero attached hydrogens (tertiary/aromatic N) is 3. The smallest absolute Gasteiger partial charge is 0.277 e. The highest BCUT2D eigenvalue weighted by atomic mass is 16.5. The van der Waals surface area contributed by atoms with Gasteiger partial charge in [0, 0.05) is 12.1 Å². The Morgan fingerprint density at radius 1 is 1.35 bits per heavy atom. The van der Waals surface area contributed by atoms with Gasteiger partial charge in [0.05, 0.1) is 18.8 Å². The Labute approximate surface area is 134 Å². The number of hydrogen-bond acceptors (Lipinski definition) is 5. The number of nitrogens with one attached hydrogen (secondary N) is 2. The fourth-order valence-corrected chi connectivity index (χ4v) is 3.09. The zero-order valence-electron chi connectivity index (χ0n) is 12.8. The van der Waals surface area contributed by atoms with Crippen LogP contribution in [0.3, 0.4) is 0 Å². The molecule has 1 aromatic carbocycles. The maximum Gasteiger partial charge on any atom is 0.277 e. The van der Waals surface area contributed by atoms with Gasteiger partial charge in [-0.05, 0) is 49.7 Å². The molecule has 7 heteroatoms. The minimum Gasteiger partial charge on any atom is -0.493 e. The van der Waals surface area contributed by atoms with Crippen molar-refractivity contribution in [2.45, 2.75) is 25.3 Å². The zero-order chi connectivity index (χ0) is 15.6. The monoisotopic (exact) mass is 313 g/mol. The molecule has 1 fully saturated rings. The molecule has 0 spiro atoms. The summed E-state index contributed by atoms with van der Waals surface area (Å²) in [5.41, 5.74) is 2.23. The maximum atomic E-state index is 12.3. The third-order valence-electron chi connectivity index (χ3n) is 4.37. The highest BCUT2D eigenvalue weighted by molar-refractivity contribution is 6.02. The number of aromatic nitrogens is 3. The summed E-state index contributed by atoms with van der Waals surface area (Å²) in [6.07, 6.45) is 4.64. The number of hydrogen-bond donors (Lipinski definition) is 2. The van der Waals surface area contributed by atoms with Crippen LogP contribution < -0.4 is 15.4 Å². The predicted molar refractivity (Wildman–Crippen MR) is 84.8 cm³/mol. The van der Waals surface area contributed by atoms with Gasteiger partial charge in [0.1, 0.15) is 5.75 Å². The number of fused-ring (bicyclic) bond motifs is 1. The Kier molecular flexibility index (Phi) is 3.70. The quantitative estimate of drug-likeness (QED) is 0.895. The van der Waals surface area contributed by atoms with Gasteiger partial charge in [0.15, 0.2) is 5.69 Å². The highest BCUT2D eigenvalue weighted by Crippen LogP contribution is 2.28. The van der Waals surface area contributed by atoms with Gasteiger partial charge in [0.25, 0.3) is 5.91 Å². The molecular formula is C16H19N5O2. The van der Waals surface area contributed by atoms with Crippen LogP contribution in [0, 0.1) is 0 Å². The number of amides is 1. The van der Waals surface area contributed by atoms with E-state index in [0.29, 0.717) is 18.3 Å². The molecule has 0 radical (unpaired) electrons. The van der Waals surface area contributed by atoms with Gasteiger partial charge in [0.2, 0.25) is 0 Å². The number of carbonyl (C=O) groups is 1. The van der Waals surface area contributed by atoms with Crippen molar-refractivity contribution in [2.24, 2.45) is 0 Å². The molecule has 0 saturated carbocycles. The van der Waals surface area contributed by atoms with Gasteiger partial charge >= 0.3 is 0 Å². The van der Waals surface area contributed by atoms with Crippen LogP contribution >= 0.6 is 0 Å². The average Bonchev–Trinajstić information content (AvgIpc) is 3.24. The van der Waals surface area contributed by atoms with Crippen molar-refractivity contribution in [3.05, 3.63) is 35.7 Å². The first-order valence-electron chi connectivity index (χ1n) is 7.99. The van der Waals surface area contributed by atoms with Crippen LogP contribution in [0.5, 0.6) is 5.75 Å². The normalized spacial score (nSPS) is 17.6. The van der Waals surface area contributed by atoms with E-state index in [1.807, 2.05) is 22.9 Å². The molecule has 2 aromatic rings. The van der Waals surface area contributed by atoms with Gasteiger partial charge in [-0.1, -0.05) is 5.21 Å². The fraction of sp³-hybridized carbons (Fsp3) is 0.438. The van der Waals surface area contributed by atoms with Crippen molar-refractivity contribution < 1.29 is 9.53 Å². The van der Waals surface area contributed by atoms with Crippen LogP contribution in [0.4, 0.5) is 5.69 Å². The molecule has 0 unspecified atom stereocenters. The molecule has 0 aliphatic carbocycles. The van der Waals surface area contributed by atoms with Crippen molar-refractivity contribution in [3.63, 3.8) is 0 Å². The van der Waals surface area contributed by atoms with Crippen molar-refractivity contribution >= 4 is 11.6 Å². The van der Waals surface area contributed by atoms with Gasteiger partial charge in [-0.15, -0.1) is 5.10 Å². The molecule has 0 bridgehead atoms. The van der Waals surface area contributed by atoms with Crippen molar-refractivity contribution in [3.8, 4) is 5.75 Å². The zero-order valence-corrected chi connectivity index (χ0v) is 12.8. The molecule has 2 N–H and O–H groups in total. The first-order valence-corrected chi connectivity index (χ1v) is 7.99. The van der Waals surface area contributed by atoms with E-state index in [1.54, 1.807) is 6.20 Å². The summed E-state index contributed by atoms with van der Waals surface area (Å²) in [6.45, 7) is 2.66. The van der Waals surface area contributed by atoms with Gasteiger partial charge in [-0.3, -0.25) is 4.79 Å². The SMILES string of the molecule is O=C(Nc1ccc2c(c1)CCO2)c1cn(C2CCNCC2)nn1. The number of rotatable bonds is 3. The lowest BCUT2D eigenvalue weighted by Crippen LogP contribution is -2.29. The molecule has 23 heavy (non-hydrogen) atoms. The largest absolute Gasteiger partial charge is 0.493 e. The Balaban J connectivity index is 1.45. The highest BCUT2D eigenvalue weighted by Gasteiger charge is 2.19. The van der Waals surface area contributed by atoms with Crippen molar-refractivity contribution in [1.82, 2.24) is 20.3 Å². The number of ether oxygens (including phenoxy) is 1. The van der Waals surface area contributed by atoms with E-state index in [4.69, 9.17) is 4.74 Å². The number of piperidine rings is 1. The maximum absolute atomic E-state index is 12.3. The van der Waals surface area contributed by atoms with Crippen LogP contribution in [-0.2, 0) is 6.42 Å². The van der Waals surface area contributed by atoms with E-state index in [9.17, 15) is 4.79 Å². The summed E-state index contributed by atoms with van der Waals surface area (Å²) in [5.74, 6) is 0.670. The minimum absolute atomic E-state index is 0.232. The minimum atomic E-state index is -0.232. The van der Waals surface area contributed by atoms with Crippen LogP contribution in [0.1, 0.15) is 34.9 Å². The van der Waals surface area contributed by atoms with Gasteiger partial charge < -0.3 is 15.4 Å². The van der Waals surface area contributed by atoms with Gasteiger partial charge in [-0.2, -0.15) is 0 Å². The lowest BCUT2D eigenvalue weighted by molar-refractivity contribution is 0.102. The molecule has 0 atom stereocenters. The first kappa shape index (κ1) is 14.2. The van der Waals surface area contributed by atoms with E-state index >= 15 is 0 Å².